The van der Waals surface area contributed by atoms with E-state index in [1.807, 2.05) is 6.92 Å². The molecule has 6 nitrogen and oxygen atoms in total. The summed E-state index contributed by atoms with van der Waals surface area (Å²) in [6, 6.07) is 5.97. The molecule has 1 amide bonds. The molecule has 1 aromatic carbocycles. The second kappa shape index (κ2) is 7.95. The second-order valence-corrected chi connectivity index (χ2v) is 6.13. The molecule has 0 spiro atoms. The number of hydrogen-bond donors (Lipinski definition) is 3. The zero-order valence-corrected chi connectivity index (χ0v) is 14.9. The number of halogens is 2. The number of rotatable bonds is 4. The monoisotopic (exact) mass is 368 g/mol. The highest BCUT2D eigenvalue weighted by molar-refractivity contribution is 5.96. The van der Waals surface area contributed by atoms with E-state index in [2.05, 4.69) is 15.7 Å². The maximum atomic E-state index is 13.1. The average Bonchev–Trinajstić information content (AvgIpc) is 3.09. The maximum absolute atomic E-state index is 13.1. The Morgan fingerprint density at radius 1 is 1.36 bits per heavy atom. The first-order valence-corrected chi connectivity index (χ1v) is 7.96. The molecule has 25 heavy (non-hydrogen) atoms. The fraction of sp³-hybridized carbons (Fsp3) is 0.412. The van der Waals surface area contributed by atoms with Crippen LogP contribution in [-0.4, -0.2) is 46.5 Å². The lowest BCUT2D eigenvalue weighted by molar-refractivity contribution is 0.0926. The molecule has 1 saturated heterocycles. The van der Waals surface area contributed by atoms with Crippen molar-refractivity contribution in [2.24, 2.45) is 5.92 Å². The Hall–Kier alpha value is -1.96. The van der Waals surface area contributed by atoms with Crippen LogP contribution >= 0.6 is 12.4 Å². The van der Waals surface area contributed by atoms with Gasteiger partial charge in [-0.25, -0.2) is 9.07 Å². The fourth-order valence-electron chi connectivity index (χ4n) is 3.04. The Kier molecular flexibility index (Phi) is 6.16. The summed E-state index contributed by atoms with van der Waals surface area (Å²) in [5, 5.41) is 20.2. The van der Waals surface area contributed by atoms with E-state index in [4.69, 9.17) is 0 Å². The van der Waals surface area contributed by atoms with E-state index in [1.165, 1.54) is 12.1 Å². The number of hydrogen-bond acceptors (Lipinski definition) is 4. The van der Waals surface area contributed by atoms with E-state index in [0.29, 0.717) is 42.3 Å². The van der Waals surface area contributed by atoms with Crippen LogP contribution in [0.25, 0.3) is 5.69 Å². The van der Waals surface area contributed by atoms with Crippen LogP contribution in [0.15, 0.2) is 24.3 Å². The van der Waals surface area contributed by atoms with Gasteiger partial charge in [-0.2, -0.15) is 5.10 Å². The van der Waals surface area contributed by atoms with E-state index >= 15 is 0 Å². The van der Waals surface area contributed by atoms with Crippen LogP contribution in [0.4, 0.5) is 4.39 Å². The van der Waals surface area contributed by atoms with E-state index in [1.54, 1.807) is 23.7 Å². The normalized spacial score (nSPS) is 19.5. The SMILES string of the molecule is Cc1nn(-c2ccc(F)cc2)c(C)c1C(=O)NCC1CNCC1O.Cl. The van der Waals surface area contributed by atoms with Gasteiger partial charge in [0.15, 0.2) is 0 Å². The molecule has 3 rings (SSSR count). The topological polar surface area (TPSA) is 79.2 Å². The van der Waals surface area contributed by atoms with Crippen LogP contribution in [0.2, 0.25) is 0 Å². The fourth-order valence-corrected chi connectivity index (χ4v) is 3.04. The molecular weight excluding hydrogens is 347 g/mol. The van der Waals surface area contributed by atoms with Crippen LogP contribution in [-0.2, 0) is 0 Å². The lowest BCUT2D eigenvalue weighted by Gasteiger charge is -2.14. The number of β-amino-alcohol motifs (C(OH)–C–C–N with tert-alkyl or cyclic N) is 1. The number of aliphatic hydroxyl groups is 1. The number of carbonyl (C=O) groups excluding carboxylic acids is 1. The molecular formula is C17H22ClFN4O2. The first-order valence-electron chi connectivity index (χ1n) is 7.96. The number of aromatic nitrogens is 2. The molecule has 136 valence electrons. The Morgan fingerprint density at radius 3 is 2.64 bits per heavy atom. The van der Waals surface area contributed by atoms with Gasteiger partial charge in [-0.1, -0.05) is 0 Å². The van der Waals surface area contributed by atoms with Gasteiger partial charge in [-0.05, 0) is 38.1 Å². The van der Waals surface area contributed by atoms with Gasteiger partial charge in [-0.3, -0.25) is 4.79 Å². The van der Waals surface area contributed by atoms with Gasteiger partial charge in [0, 0.05) is 25.6 Å². The van der Waals surface area contributed by atoms with Crippen LogP contribution in [0.3, 0.4) is 0 Å². The van der Waals surface area contributed by atoms with Gasteiger partial charge in [0.25, 0.3) is 5.91 Å². The molecule has 1 aliphatic heterocycles. The Bertz CT molecular complexity index is 748. The molecule has 2 heterocycles. The smallest absolute Gasteiger partial charge is 0.255 e. The van der Waals surface area contributed by atoms with Gasteiger partial charge >= 0.3 is 0 Å². The van der Waals surface area contributed by atoms with Crippen LogP contribution in [0.5, 0.6) is 0 Å². The standard InChI is InChI=1S/C17H21FN4O2.ClH/c1-10-16(17(24)20-8-12-7-19-9-15(12)23)11(2)22(21-10)14-5-3-13(18)4-6-14;/h3-6,12,15,19,23H,7-9H2,1-2H3,(H,20,24);1H. The molecule has 0 bridgehead atoms. The number of benzene rings is 1. The van der Waals surface area contributed by atoms with Crippen LogP contribution in [0, 0.1) is 25.6 Å². The summed E-state index contributed by atoms with van der Waals surface area (Å²) >= 11 is 0. The van der Waals surface area contributed by atoms with Crippen molar-refractivity contribution in [2.75, 3.05) is 19.6 Å². The molecule has 8 heteroatoms. The van der Waals surface area contributed by atoms with Crippen molar-refractivity contribution in [3.63, 3.8) is 0 Å². The molecule has 3 N–H and O–H groups in total. The van der Waals surface area contributed by atoms with Crippen molar-refractivity contribution in [1.82, 2.24) is 20.4 Å². The summed E-state index contributed by atoms with van der Waals surface area (Å²) in [5.41, 5.74) is 2.52. The second-order valence-electron chi connectivity index (χ2n) is 6.13. The summed E-state index contributed by atoms with van der Waals surface area (Å²) in [4.78, 5) is 12.5. The highest BCUT2D eigenvalue weighted by Crippen LogP contribution is 2.18. The summed E-state index contributed by atoms with van der Waals surface area (Å²) in [7, 11) is 0. The third-order valence-corrected chi connectivity index (χ3v) is 4.42. The van der Waals surface area contributed by atoms with Crippen LogP contribution in [0.1, 0.15) is 21.7 Å². The third-order valence-electron chi connectivity index (χ3n) is 4.42. The number of carbonyl (C=O) groups is 1. The highest BCUT2D eigenvalue weighted by Gasteiger charge is 2.26. The minimum atomic E-state index is -0.436. The summed E-state index contributed by atoms with van der Waals surface area (Å²) < 4.78 is 14.7. The van der Waals surface area contributed by atoms with Gasteiger partial charge in [0.1, 0.15) is 5.82 Å². The average molecular weight is 369 g/mol. The quantitative estimate of drug-likeness (QED) is 0.761. The maximum Gasteiger partial charge on any atom is 0.255 e. The number of nitrogens with zero attached hydrogens (tertiary/aromatic N) is 2. The third kappa shape index (κ3) is 4.00. The first-order chi connectivity index (χ1) is 11.5. The van der Waals surface area contributed by atoms with E-state index in [0.717, 1.165) is 0 Å². The van der Waals surface area contributed by atoms with Gasteiger partial charge in [0.05, 0.1) is 28.7 Å². The molecule has 0 radical (unpaired) electrons. The van der Waals surface area contributed by atoms with Crippen molar-refractivity contribution in [3.8, 4) is 5.69 Å². The van der Waals surface area contributed by atoms with Gasteiger partial charge < -0.3 is 15.7 Å². The van der Waals surface area contributed by atoms with Crippen molar-refractivity contribution in [1.29, 1.82) is 0 Å². The highest BCUT2D eigenvalue weighted by atomic mass is 35.5. The van der Waals surface area contributed by atoms with E-state index in [-0.39, 0.29) is 30.0 Å². The minimum absolute atomic E-state index is 0. The zero-order chi connectivity index (χ0) is 17.3. The molecule has 0 saturated carbocycles. The van der Waals surface area contributed by atoms with Crippen molar-refractivity contribution in [2.45, 2.75) is 20.0 Å². The van der Waals surface area contributed by atoms with E-state index in [9.17, 15) is 14.3 Å². The van der Waals surface area contributed by atoms with Crippen molar-refractivity contribution < 1.29 is 14.3 Å². The summed E-state index contributed by atoms with van der Waals surface area (Å²) in [6.07, 6.45) is -0.436. The van der Waals surface area contributed by atoms with E-state index < -0.39 is 6.10 Å². The number of nitrogens with one attached hydrogen (secondary N) is 2. The zero-order valence-electron chi connectivity index (χ0n) is 14.1. The van der Waals surface area contributed by atoms with Crippen molar-refractivity contribution in [3.05, 3.63) is 47.0 Å². The largest absolute Gasteiger partial charge is 0.391 e. The minimum Gasteiger partial charge on any atom is -0.391 e. The molecule has 1 aliphatic rings. The number of aliphatic hydroxyl groups excluding tert-OH is 1. The first kappa shape index (κ1) is 19.4. The predicted molar refractivity (Wildman–Crippen MR) is 94.9 cm³/mol. The van der Waals surface area contributed by atoms with Crippen LogP contribution < -0.4 is 10.6 Å². The van der Waals surface area contributed by atoms with Gasteiger partial charge in [0.2, 0.25) is 0 Å². The number of aryl methyl sites for hydroxylation is 1. The Balaban J connectivity index is 0.00000225. The Labute approximate surface area is 151 Å². The predicted octanol–water partition coefficient (Wildman–Crippen LogP) is 1.36. The Morgan fingerprint density at radius 2 is 2.04 bits per heavy atom. The molecule has 2 unspecified atom stereocenters. The summed E-state index contributed by atoms with van der Waals surface area (Å²) in [6.45, 7) is 5.24. The molecule has 1 fully saturated rings. The number of amides is 1. The molecule has 2 atom stereocenters. The van der Waals surface area contributed by atoms with Gasteiger partial charge in [-0.15, -0.1) is 12.4 Å². The molecule has 0 aliphatic carbocycles. The van der Waals surface area contributed by atoms with Crippen molar-refractivity contribution >= 4 is 18.3 Å². The molecule has 1 aromatic heterocycles. The summed E-state index contributed by atoms with van der Waals surface area (Å²) in [5.74, 6) is -0.513. The lowest BCUT2D eigenvalue weighted by Crippen LogP contribution is -2.34. The lowest BCUT2D eigenvalue weighted by atomic mass is 10.1. The molecule has 2 aromatic rings.